The van der Waals surface area contributed by atoms with Crippen LogP contribution in [0.25, 0.3) is 11.0 Å². The number of aromatic nitrogens is 2. The minimum absolute atomic E-state index is 0.291. The number of ketones is 1. The second-order valence-electron chi connectivity index (χ2n) is 5.00. The van der Waals surface area contributed by atoms with E-state index in [-0.39, 0.29) is 0 Å². The number of hydrogen-bond acceptors (Lipinski definition) is 2. The van der Waals surface area contributed by atoms with Gasteiger partial charge in [-0.3, -0.25) is 4.79 Å². The fourth-order valence-electron chi connectivity index (χ4n) is 2.37. The summed E-state index contributed by atoms with van der Waals surface area (Å²) in [6, 6.07) is 7.91. The van der Waals surface area contributed by atoms with Crippen LogP contribution >= 0.6 is 0 Å². The molecule has 0 spiro atoms. The summed E-state index contributed by atoms with van der Waals surface area (Å²) in [6.07, 6.45) is 4.69. The van der Waals surface area contributed by atoms with Crippen LogP contribution in [-0.4, -0.2) is 15.3 Å². The van der Waals surface area contributed by atoms with Gasteiger partial charge in [-0.1, -0.05) is 38.8 Å². The quantitative estimate of drug-likeness (QED) is 0.780. The van der Waals surface area contributed by atoms with Crippen LogP contribution in [-0.2, 0) is 11.3 Å². The smallest absolute Gasteiger partial charge is 0.152 e. The van der Waals surface area contributed by atoms with Crippen LogP contribution in [0.1, 0.15) is 33.1 Å². The molecule has 0 amide bonds. The number of Topliss-reactive ketones (excluding diaryl/α,β-unsaturated/α-hetero) is 1. The molecule has 0 fully saturated rings. The first-order valence-electron chi connectivity index (χ1n) is 6.62. The Labute approximate surface area is 108 Å². The normalized spacial score (nSPS) is 12.8. The van der Waals surface area contributed by atoms with Gasteiger partial charge in [0.05, 0.1) is 23.9 Å². The lowest BCUT2D eigenvalue weighted by molar-refractivity contribution is -0.120. The molecule has 0 radical (unpaired) electrons. The fourth-order valence-corrected chi connectivity index (χ4v) is 2.37. The number of carbonyl (C=O) groups is 1. The van der Waals surface area contributed by atoms with Gasteiger partial charge in [0.25, 0.3) is 0 Å². The maximum absolute atomic E-state index is 12.0. The molecule has 0 saturated heterocycles. The maximum atomic E-state index is 12.0. The monoisotopic (exact) mass is 244 g/mol. The highest BCUT2D eigenvalue weighted by atomic mass is 16.1. The summed E-state index contributed by atoms with van der Waals surface area (Å²) in [4.78, 5) is 16.3. The minimum atomic E-state index is 0.291. The van der Waals surface area contributed by atoms with Gasteiger partial charge in [0.1, 0.15) is 0 Å². The molecule has 0 saturated carbocycles. The Balaban J connectivity index is 2.03. The largest absolute Gasteiger partial charge is 0.323 e. The van der Waals surface area contributed by atoms with Gasteiger partial charge in [0, 0.05) is 6.42 Å². The van der Waals surface area contributed by atoms with Gasteiger partial charge in [-0.2, -0.15) is 0 Å². The first-order valence-corrected chi connectivity index (χ1v) is 6.62. The Morgan fingerprint density at radius 1 is 1.39 bits per heavy atom. The number of hydrogen-bond donors (Lipinski definition) is 0. The Morgan fingerprint density at radius 3 is 2.94 bits per heavy atom. The van der Waals surface area contributed by atoms with Crippen molar-refractivity contribution in [3.05, 3.63) is 30.6 Å². The van der Waals surface area contributed by atoms with Crippen molar-refractivity contribution < 1.29 is 4.79 Å². The molecule has 1 aromatic carbocycles. The van der Waals surface area contributed by atoms with Gasteiger partial charge in [0.15, 0.2) is 5.78 Å². The van der Waals surface area contributed by atoms with Crippen molar-refractivity contribution in [2.75, 3.05) is 0 Å². The van der Waals surface area contributed by atoms with Gasteiger partial charge in [0.2, 0.25) is 0 Å². The second kappa shape index (κ2) is 5.80. The molecule has 0 aliphatic heterocycles. The summed E-state index contributed by atoms with van der Waals surface area (Å²) >= 11 is 0. The van der Waals surface area contributed by atoms with Gasteiger partial charge < -0.3 is 4.57 Å². The van der Waals surface area contributed by atoms with Gasteiger partial charge in [-0.15, -0.1) is 0 Å². The van der Waals surface area contributed by atoms with Crippen LogP contribution in [0, 0.1) is 5.92 Å². The van der Waals surface area contributed by atoms with Crippen molar-refractivity contribution in [3.63, 3.8) is 0 Å². The zero-order chi connectivity index (χ0) is 13.0. The van der Waals surface area contributed by atoms with E-state index in [0.29, 0.717) is 24.7 Å². The molecular weight excluding hydrogens is 224 g/mol. The van der Waals surface area contributed by atoms with E-state index in [1.807, 2.05) is 28.8 Å². The summed E-state index contributed by atoms with van der Waals surface area (Å²) in [5, 5.41) is 0. The zero-order valence-electron chi connectivity index (χ0n) is 11.1. The highest BCUT2D eigenvalue weighted by molar-refractivity contribution is 5.81. The number of imidazole rings is 1. The van der Waals surface area contributed by atoms with E-state index in [9.17, 15) is 4.79 Å². The molecule has 18 heavy (non-hydrogen) atoms. The van der Waals surface area contributed by atoms with Gasteiger partial charge >= 0.3 is 0 Å². The van der Waals surface area contributed by atoms with Crippen molar-refractivity contribution >= 4 is 16.8 Å². The highest BCUT2D eigenvalue weighted by Crippen LogP contribution is 2.14. The van der Waals surface area contributed by atoms with Crippen molar-refractivity contribution in [2.24, 2.45) is 5.92 Å². The number of rotatable bonds is 6. The minimum Gasteiger partial charge on any atom is -0.323 e. The Bertz CT molecular complexity index is 530. The van der Waals surface area contributed by atoms with Crippen LogP contribution in [0.2, 0.25) is 0 Å². The van der Waals surface area contributed by atoms with E-state index < -0.39 is 0 Å². The molecule has 0 aliphatic rings. The lowest BCUT2D eigenvalue weighted by atomic mass is 10.00. The molecule has 3 nitrogen and oxygen atoms in total. The molecule has 3 heteroatoms. The lowest BCUT2D eigenvalue weighted by Crippen LogP contribution is -2.12. The number of carbonyl (C=O) groups excluding carboxylic acids is 1. The second-order valence-corrected chi connectivity index (χ2v) is 5.00. The molecule has 96 valence electrons. The number of fused-ring (bicyclic) bond motifs is 1. The maximum Gasteiger partial charge on any atom is 0.152 e. The number of benzene rings is 1. The standard InChI is InChI=1S/C15H20N2O/c1-3-6-12(2)9-13(18)10-17-11-16-14-7-4-5-8-15(14)17/h4-5,7-8,11-12H,3,6,9-10H2,1-2H3. The molecule has 2 rings (SSSR count). The van der Waals surface area contributed by atoms with Crippen LogP contribution in [0.3, 0.4) is 0 Å². The van der Waals surface area contributed by atoms with Crippen molar-refractivity contribution in [1.82, 2.24) is 9.55 Å². The van der Waals surface area contributed by atoms with Crippen molar-refractivity contribution in [1.29, 1.82) is 0 Å². The van der Waals surface area contributed by atoms with E-state index in [0.717, 1.165) is 23.9 Å². The average molecular weight is 244 g/mol. The Morgan fingerprint density at radius 2 is 2.17 bits per heavy atom. The average Bonchev–Trinajstić information content (AvgIpc) is 2.73. The fraction of sp³-hybridized carbons (Fsp3) is 0.467. The van der Waals surface area contributed by atoms with Crippen molar-refractivity contribution in [3.8, 4) is 0 Å². The highest BCUT2D eigenvalue weighted by Gasteiger charge is 2.10. The first-order chi connectivity index (χ1) is 8.70. The van der Waals surface area contributed by atoms with Crippen LogP contribution in [0.5, 0.6) is 0 Å². The predicted molar refractivity (Wildman–Crippen MR) is 73.4 cm³/mol. The van der Waals surface area contributed by atoms with Crippen LogP contribution in [0.4, 0.5) is 0 Å². The molecule has 1 unspecified atom stereocenters. The molecule has 1 heterocycles. The summed E-state index contributed by atoms with van der Waals surface area (Å²) in [6.45, 7) is 4.74. The third kappa shape index (κ3) is 2.97. The van der Waals surface area contributed by atoms with Crippen molar-refractivity contribution in [2.45, 2.75) is 39.7 Å². The molecule has 2 aromatic rings. The van der Waals surface area contributed by atoms with E-state index in [2.05, 4.69) is 18.8 Å². The predicted octanol–water partition coefficient (Wildman–Crippen LogP) is 3.43. The molecule has 0 aliphatic carbocycles. The van der Waals surface area contributed by atoms with E-state index in [1.54, 1.807) is 6.33 Å². The summed E-state index contributed by atoms with van der Waals surface area (Å²) < 4.78 is 1.94. The zero-order valence-corrected chi connectivity index (χ0v) is 11.1. The van der Waals surface area contributed by atoms with Gasteiger partial charge in [-0.25, -0.2) is 4.98 Å². The van der Waals surface area contributed by atoms with E-state index >= 15 is 0 Å². The summed E-state index contributed by atoms with van der Waals surface area (Å²) in [5.41, 5.74) is 1.99. The summed E-state index contributed by atoms with van der Waals surface area (Å²) in [5.74, 6) is 0.774. The third-order valence-corrected chi connectivity index (χ3v) is 3.23. The van der Waals surface area contributed by atoms with E-state index in [4.69, 9.17) is 0 Å². The molecule has 0 bridgehead atoms. The summed E-state index contributed by atoms with van der Waals surface area (Å²) in [7, 11) is 0. The molecule has 1 atom stereocenters. The number of nitrogens with zero attached hydrogens (tertiary/aromatic N) is 2. The third-order valence-electron chi connectivity index (χ3n) is 3.23. The molecule has 0 N–H and O–H groups in total. The Hall–Kier alpha value is -1.64. The lowest BCUT2D eigenvalue weighted by Gasteiger charge is -2.09. The van der Waals surface area contributed by atoms with Crippen LogP contribution < -0.4 is 0 Å². The topological polar surface area (TPSA) is 34.9 Å². The molecule has 1 aromatic heterocycles. The van der Waals surface area contributed by atoms with Gasteiger partial charge in [-0.05, 0) is 18.1 Å². The van der Waals surface area contributed by atoms with E-state index in [1.165, 1.54) is 0 Å². The molecular formula is C15H20N2O. The SMILES string of the molecule is CCCC(C)CC(=O)Cn1cnc2ccccc21. The first kappa shape index (κ1) is 12.8. The Kier molecular flexibility index (Phi) is 4.13. The van der Waals surface area contributed by atoms with Crippen LogP contribution in [0.15, 0.2) is 30.6 Å². The number of para-hydroxylation sites is 2.